The molecule has 1 heterocycles. The summed E-state index contributed by atoms with van der Waals surface area (Å²) in [4.78, 5) is 17.3. The normalized spacial score (nSPS) is 12.0. The molecule has 0 aliphatic heterocycles. The van der Waals surface area contributed by atoms with Gasteiger partial charge in [-0.25, -0.2) is 10.0 Å². The standard InChI is InChI=1S/C15H26N6O3/c1-6-12(16-10-9-13(23-7-2)24-8-3)19-14-17-11-18-15(20-14)21(4)22-5/h1,11-13,16H,7-10H2,2-5H3,(H,17,18,19,20). The Morgan fingerprint density at radius 2 is 2.00 bits per heavy atom. The molecule has 9 nitrogen and oxygen atoms in total. The Bertz CT molecular complexity index is 504. The van der Waals surface area contributed by atoms with Gasteiger partial charge in [-0.05, 0) is 13.8 Å². The predicted molar refractivity (Wildman–Crippen MR) is 91.1 cm³/mol. The maximum Gasteiger partial charge on any atom is 0.254 e. The van der Waals surface area contributed by atoms with E-state index >= 15 is 0 Å². The van der Waals surface area contributed by atoms with Gasteiger partial charge < -0.3 is 14.8 Å². The number of rotatable bonds is 12. The van der Waals surface area contributed by atoms with Gasteiger partial charge in [-0.1, -0.05) is 5.92 Å². The fourth-order valence-electron chi connectivity index (χ4n) is 1.80. The molecule has 1 rings (SSSR count). The Morgan fingerprint density at radius 3 is 2.58 bits per heavy atom. The molecule has 0 aliphatic carbocycles. The molecule has 1 unspecified atom stereocenters. The van der Waals surface area contributed by atoms with Crippen LogP contribution >= 0.6 is 0 Å². The van der Waals surface area contributed by atoms with Crippen LogP contribution in [0.25, 0.3) is 0 Å². The lowest BCUT2D eigenvalue weighted by atomic mass is 10.4. The first kappa shape index (κ1) is 20.1. The second-order valence-corrected chi connectivity index (χ2v) is 4.62. The quantitative estimate of drug-likeness (QED) is 0.323. The summed E-state index contributed by atoms with van der Waals surface area (Å²) in [5.74, 6) is 3.33. The van der Waals surface area contributed by atoms with Crippen LogP contribution in [-0.4, -0.2) is 61.3 Å². The van der Waals surface area contributed by atoms with Gasteiger partial charge in [-0.3, -0.25) is 10.2 Å². The van der Waals surface area contributed by atoms with E-state index in [4.69, 9.17) is 20.7 Å². The molecule has 134 valence electrons. The highest BCUT2D eigenvalue weighted by atomic mass is 16.7. The van der Waals surface area contributed by atoms with E-state index in [-0.39, 0.29) is 6.29 Å². The summed E-state index contributed by atoms with van der Waals surface area (Å²) in [6.07, 6.45) is 6.92. The first-order valence-corrected chi connectivity index (χ1v) is 7.80. The number of aromatic nitrogens is 3. The lowest BCUT2D eigenvalue weighted by molar-refractivity contribution is -0.138. The van der Waals surface area contributed by atoms with Gasteiger partial charge in [0.2, 0.25) is 5.95 Å². The van der Waals surface area contributed by atoms with Gasteiger partial charge in [0.15, 0.2) is 6.29 Å². The minimum absolute atomic E-state index is 0.245. The minimum Gasteiger partial charge on any atom is -0.353 e. The summed E-state index contributed by atoms with van der Waals surface area (Å²) < 4.78 is 11.0. The molecule has 0 saturated heterocycles. The number of nitrogens with zero attached hydrogens (tertiary/aromatic N) is 4. The van der Waals surface area contributed by atoms with Crippen molar-refractivity contribution < 1.29 is 14.3 Å². The van der Waals surface area contributed by atoms with E-state index in [9.17, 15) is 0 Å². The van der Waals surface area contributed by atoms with E-state index in [1.807, 2.05) is 13.8 Å². The van der Waals surface area contributed by atoms with Crippen LogP contribution in [-0.2, 0) is 14.3 Å². The van der Waals surface area contributed by atoms with Crippen LogP contribution in [0.1, 0.15) is 20.3 Å². The van der Waals surface area contributed by atoms with Gasteiger partial charge in [0.25, 0.3) is 5.95 Å². The molecule has 0 aromatic carbocycles. The molecule has 24 heavy (non-hydrogen) atoms. The molecule has 0 bridgehead atoms. The van der Waals surface area contributed by atoms with Crippen LogP contribution in [0.15, 0.2) is 6.33 Å². The van der Waals surface area contributed by atoms with Crippen molar-refractivity contribution in [1.29, 1.82) is 0 Å². The van der Waals surface area contributed by atoms with Crippen LogP contribution in [0.5, 0.6) is 0 Å². The molecule has 0 amide bonds. The van der Waals surface area contributed by atoms with Crippen LogP contribution in [0, 0.1) is 12.3 Å². The number of nitrogens with one attached hydrogen (secondary N) is 2. The second kappa shape index (κ2) is 11.5. The minimum atomic E-state index is -0.433. The first-order chi connectivity index (χ1) is 11.6. The average molecular weight is 338 g/mol. The molecule has 9 heteroatoms. The zero-order valence-corrected chi connectivity index (χ0v) is 14.7. The molecule has 1 aromatic rings. The monoisotopic (exact) mass is 338 g/mol. The van der Waals surface area contributed by atoms with Crippen molar-refractivity contribution >= 4 is 11.9 Å². The van der Waals surface area contributed by atoms with Crippen LogP contribution in [0.2, 0.25) is 0 Å². The van der Waals surface area contributed by atoms with Crippen molar-refractivity contribution in [1.82, 2.24) is 20.3 Å². The zero-order valence-electron chi connectivity index (χ0n) is 14.7. The van der Waals surface area contributed by atoms with Crippen molar-refractivity contribution in [2.75, 3.05) is 44.3 Å². The van der Waals surface area contributed by atoms with Gasteiger partial charge in [0.05, 0.1) is 7.11 Å². The third-order valence-corrected chi connectivity index (χ3v) is 2.99. The maximum atomic E-state index is 5.54. The summed E-state index contributed by atoms with van der Waals surface area (Å²) in [5.41, 5.74) is 0. The van der Waals surface area contributed by atoms with Crippen molar-refractivity contribution in [2.24, 2.45) is 0 Å². The molecular formula is C15H26N6O3. The van der Waals surface area contributed by atoms with Crippen molar-refractivity contribution in [3.8, 4) is 12.3 Å². The van der Waals surface area contributed by atoms with Crippen LogP contribution < -0.4 is 15.7 Å². The summed E-state index contributed by atoms with van der Waals surface area (Å²) in [6.45, 7) is 5.67. The Hall–Kier alpha value is -1.99. The third kappa shape index (κ3) is 7.06. The molecular weight excluding hydrogens is 312 g/mol. The highest BCUT2D eigenvalue weighted by Gasteiger charge is 2.12. The Labute approximate surface area is 143 Å². The van der Waals surface area contributed by atoms with Crippen molar-refractivity contribution in [3.05, 3.63) is 6.33 Å². The molecule has 1 aromatic heterocycles. The van der Waals surface area contributed by atoms with Gasteiger partial charge in [-0.15, -0.1) is 6.42 Å². The summed E-state index contributed by atoms with van der Waals surface area (Å²) in [6, 6.07) is 0. The summed E-state index contributed by atoms with van der Waals surface area (Å²) >= 11 is 0. The average Bonchev–Trinajstić information content (AvgIpc) is 2.60. The Morgan fingerprint density at radius 1 is 1.29 bits per heavy atom. The Balaban J connectivity index is 2.51. The second-order valence-electron chi connectivity index (χ2n) is 4.62. The molecule has 0 radical (unpaired) electrons. The van der Waals surface area contributed by atoms with Gasteiger partial charge in [0.1, 0.15) is 12.5 Å². The maximum absolute atomic E-state index is 5.54. The smallest absolute Gasteiger partial charge is 0.254 e. The zero-order chi connectivity index (χ0) is 17.8. The Kier molecular flexibility index (Phi) is 9.64. The topological polar surface area (TPSA) is 93.7 Å². The number of hydroxylamine groups is 1. The van der Waals surface area contributed by atoms with E-state index in [0.717, 1.165) is 0 Å². The van der Waals surface area contributed by atoms with Crippen molar-refractivity contribution in [2.45, 2.75) is 32.7 Å². The predicted octanol–water partition coefficient (Wildman–Crippen LogP) is 0.619. The van der Waals surface area contributed by atoms with Gasteiger partial charge in [0, 0.05) is 33.2 Å². The molecule has 0 saturated carbocycles. The van der Waals surface area contributed by atoms with E-state index in [1.165, 1.54) is 18.5 Å². The number of ether oxygens (including phenoxy) is 2. The van der Waals surface area contributed by atoms with E-state index in [0.29, 0.717) is 38.1 Å². The first-order valence-electron chi connectivity index (χ1n) is 7.80. The lowest BCUT2D eigenvalue weighted by Crippen LogP contribution is -2.38. The number of terminal acetylenes is 1. The molecule has 2 N–H and O–H groups in total. The van der Waals surface area contributed by atoms with E-state index < -0.39 is 6.17 Å². The largest absolute Gasteiger partial charge is 0.353 e. The van der Waals surface area contributed by atoms with Crippen LogP contribution in [0.4, 0.5) is 11.9 Å². The van der Waals surface area contributed by atoms with Gasteiger partial charge >= 0.3 is 0 Å². The number of anilines is 2. The molecule has 1 atom stereocenters. The van der Waals surface area contributed by atoms with Crippen molar-refractivity contribution in [3.63, 3.8) is 0 Å². The summed E-state index contributed by atoms with van der Waals surface area (Å²) in [7, 11) is 3.22. The fraction of sp³-hybridized carbons (Fsp3) is 0.667. The molecule has 0 fully saturated rings. The van der Waals surface area contributed by atoms with E-state index in [2.05, 4.69) is 31.5 Å². The van der Waals surface area contributed by atoms with E-state index in [1.54, 1.807) is 7.05 Å². The summed E-state index contributed by atoms with van der Waals surface area (Å²) in [5, 5.41) is 7.60. The lowest BCUT2D eigenvalue weighted by Gasteiger charge is -2.20. The number of hydrogen-bond donors (Lipinski definition) is 2. The SMILES string of the molecule is C#CC(NCCC(OCC)OCC)Nc1ncnc(N(C)OC)n1. The molecule has 0 spiro atoms. The number of hydrogen-bond acceptors (Lipinski definition) is 9. The third-order valence-electron chi connectivity index (χ3n) is 2.99. The van der Waals surface area contributed by atoms with Gasteiger partial charge in [-0.2, -0.15) is 9.97 Å². The fourth-order valence-corrected chi connectivity index (χ4v) is 1.80. The van der Waals surface area contributed by atoms with Crippen LogP contribution in [0.3, 0.4) is 0 Å². The highest BCUT2D eigenvalue weighted by molar-refractivity contribution is 5.35. The molecule has 0 aliphatic rings. The highest BCUT2D eigenvalue weighted by Crippen LogP contribution is 2.07.